The number of likely N-dealkylation sites (tertiary alicyclic amines) is 1. The van der Waals surface area contributed by atoms with E-state index in [9.17, 15) is 9.90 Å². The molecule has 1 saturated heterocycles. The van der Waals surface area contributed by atoms with Crippen molar-refractivity contribution in [2.45, 2.75) is 44.6 Å². The van der Waals surface area contributed by atoms with Crippen molar-refractivity contribution in [3.8, 4) is 11.8 Å². The summed E-state index contributed by atoms with van der Waals surface area (Å²) in [6.45, 7) is 0.789. The molecule has 1 aliphatic carbocycles. The Morgan fingerprint density at radius 2 is 1.95 bits per heavy atom. The lowest BCUT2D eigenvalue weighted by Crippen LogP contribution is -2.39. The van der Waals surface area contributed by atoms with E-state index in [0.717, 1.165) is 19.4 Å². The molecule has 1 heterocycles. The van der Waals surface area contributed by atoms with Gasteiger partial charge in [-0.25, -0.2) is 0 Å². The third-order valence-corrected chi connectivity index (χ3v) is 4.80. The van der Waals surface area contributed by atoms with Crippen LogP contribution in [0.1, 0.15) is 54.4 Å². The van der Waals surface area contributed by atoms with Crippen molar-refractivity contribution in [3.63, 3.8) is 0 Å². The smallest absolute Gasteiger partial charge is 0.254 e. The second-order valence-electron chi connectivity index (χ2n) is 6.13. The van der Waals surface area contributed by atoms with Gasteiger partial charge in [0.2, 0.25) is 0 Å². The molecule has 1 aromatic carbocycles. The number of carbonyl (C=O) groups is 1. The summed E-state index contributed by atoms with van der Waals surface area (Å²) >= 11 is 0. The van der Waals surface area contributed by atoms with Gasteiger partial charge in [-0.15, -0.1) is 0 Å². The molecule has 2 aliphatic rings. The average Bonchev–Trinajstić information content (AvgIpc) is 3.16. The van der Waals surface area contributed by atoms with Crippen LogP contribution in [0.5, 0.6) is 5.75 Å². The molecule has 1 atom stereocenters. The molecular weight excluding hydrogens is 264 g/mol. The maximum Gasteiger partial charge on any atom is 0.254 e. The second-order valence-corrected chi connectivity index (χ2v) is 6.13. The van der Waals surface area contributed by atoms with Crippen molar-refractivity contribution in [1.82, 2.24) is 4.90 Å². The molecule has 1 unspecified atom stereocenters. The molecule has 3 rings (SSSR count). The van der Waals surface area contributed by atoms with Crippen LogP contribution >= 0.6 is 0 Å². The van der Waals surface area contributed by atoms with Crippen LogP contribution in [0.2, 0.25) is 0 Å². The molecule has 1 aromatic rings. The summed E-state index contributed by atoms with van der Waals surface area (Å²) in [4.78, 5) is 14.7. The van der Waals surface area contributed by atoms with Crippen LogP contribution in [-0.2, 0) is 0 Å². The predicted molar refractivity (Wildman–Crippen MR) is 78.8 cm³/mol. The van der Waals surface area contributed by atoms with Crippen LogP contribution in [0.3, 0.4) is 0 Å². The van der Waals surface area contributed by atoms with E-state index < -0.39 is 0 Å². The molecule has 0 radical (unpaired) electrons. The lowest BCUT2D eigenvalue weighted by atomic mass is 9.95. The average molecular weight is 284 g/mol. The Hall–Kier alpha value is -2.02. The SMILES string of the molecule is N#Cc1cc(O)cc(C(=O)N2CCCC2C2CCCC2)c1. The standard InChI is InChI=1S/C17H20N2O2/c18-11-12-8-14(10-15(20)9-12)17(21)19-7-3-6-16(19)13-4-1-2-5-13/h8-10,13,16,20H,1-7H2. The second kappa shape index (κ2) is 5.77. The number of aromatic hydroxyl groups is 1. The predicted octanol–water partition coefficient (Wildman–Crippen LogP) is 3.06. The minimum Gasteiger partial charge on any atom is -0.508 e. The lowest BCUT2D eigenvalue weighted by Gasteiger charge is -2.29. The van der Waals surface area contributed by atoms with E-state index in [4.69, 9.17) is 5.26 Å². The van der Waals surface area contributed by atoms with Crippen LogP contribution < -0.4 is 0 Å². The van der Waals surface area contributed by atoms with Crippen molar-refractivity contribution in [3.05, 3.63) is 29.3 Å². The first-order chi connectivity index (χ1) is 10.2. The van der Waals surface area contributed by atoms with Gasteiger partial charge in [-0.3, -0.25) is 4.79 Å². The van der Waals surface area contributed by atoms with Crippen LogP contribution in [0, 0.1) is 17.2 Å². The number of amides is 1. The summed E-state index contributed by atoms with van der Waals surface area (Å²) in [5.41, 5.74) is 0.756. The summed E-state index contributed by atoms with van der Waals surface area (Å²) < 4.78 is 0. The van der Waals surface area contributed by atoms with Crippen molar-refractivity contribution in [1.29, 1.82) is 5.26 Å². The Bertz CT molecular complexity index is 585. The number of nitriles is 1. The van der Waals surface area contributed by atoms with E-state index in [2.05, 4.69) is 0 Å². The number of phenols is 1. The maximum absolute atomic E-state index is 12.7. The molecule has 4 heteroatoms. The summed E-state index contributed by atoms with van der Waals surface area (Å²) in [7, 11) is 0. The summed E-state index contributed by atoms with van der Waals surface area (Å²) in [5.74, 6) is 0.565. The van der Waals surface area contributed by atoms with Crippen LogP contribution in [0.4, 0.5) is 0 Å². The monoisotopic (exact) mass is 284 g/mol. The molecule has 1 aliphatic heterocycles. The third-order valence-electron chi connectivity index (χ3n) is 4.80. The van der Waals surface area contributed by atoms with Gasteiger partial charge in [0.15, 0.2) is 0 Å². The molecule has 4 nitrogen and oxygen atoms in total. The van der Waals surface area contributed by atoms with Crippen LogP contribution in [-0.4, -0.2) is 28.5 Å². The fourth-order valence-electron chi connectivity index (χ4n) is 3.84. The van der Waals surface area contributed by atoms with Gasteiger partial charge >= 0.3 is 0 Å². The fraction of sp³-hybridized carbons (Fsp3) is 0.529. The van der Waals surface area contributed by atoms with E-state index in [-0.39, 0.29) is 11.7 Å². The van der Waals surface area contributed by atoms with Crippen LogP contribution in [0.15, 0.2) is 18.2 Å². The normalized spacial score (nSPS) is 22.4. The van der Waals surface area contributed by atoms with Gasteiger partial charge in [0.1, 0.15) is 5.75 Å². The number of rotatable bonds is 2. The molecule has 1 saturated carbocycles. The largest absolute Gasteiger partial charge is 0.508 e. The topological polar surface area (TPSA) is 64.3 Å². The zero-order valence-electron chi connectivity index (χ0n) is 12.1. The lowest BCUT2D eigenvalue weighted by molar-refractivity contribution is 0.0688. The third kappa shape index (κ3) is 2.73. The van der Waals surface area contributed by atoms with E-state index in [1.165, 1.54) is 37.8 Å². The number of benzene rings is 1. The quantitative estimate of drug-likeness (QED) is 0.907. The molecule has 2 fully saturated rings. The Balaban J connectivity index is 1.83. The highest BCUT2D eigenvalue weighted by Gasteiger charge is 2.36. The highest BCUT2D eigenvalue weighted by atomic mass is 16.3. The van der Waals surface area contributed by atoms with Crippen LogP contribution in [0.25, 0.3) is 0 Å². The van der Waals surface area contributed by atoms with Gasteiger partial charge in [0, 0.05) is 18.2 Å². The number of hydrogen-bond donors (Lipinski definition) is 1. The van der Waals surface area contributed by atoms with E-state index in [1.54, 1.807) is 6.07 Å². The number of nitrogens with zero attached hydrogens (tertiary/aromatic N) is 2. The summed E-state index contributed by atoms with van der Waals surface area (Å²) in [6.07, 6.45) is 7.12. The van der Waals surface area contributed by atoms with Crippen molar-refractivity contribution in [2.24, 2.45) is 5.92 Å². The van der Waals surface area contributed by atoms with E-state index >= 15 is 0 Å². The highest BCUT2D eigenvalue weighted by molar-refractivity contribution is 5.95. The number of hydrogen-bond acceptors (Lipinski definition) is 3. The molecule has 21 heavy (non-hydrogen) atoms. The first-order valence-electron chi connectivity index (χ1n) is 7.74. The van der Waals surface area contributed by atoms with E-state index in [0.29, 0.717) is 23.1 Å². The molecular formula is C17H20N2O2. The van der Waals surface area contributed by atoms with Crippen molar-refractivity contribution >= 4 is 5.91 Å². The maximum atomic E-state index is 12.7. The molecule has 1 amide bonds. The first kappa shape index (κ1) is 13.9. The molecule has 0 spiro atoms. The molecule has 0 bridgehead atoms. The van der Waals surface area contributed by atoms with Gasteiger partial charge in [0.25, 0.3) is 5.91 Å². The number of carbonyl (C=O) groups excluding carboxylic acids is 1. The molecule has 0 aromatic heterocycles. The van der Waals surface area contributed by atoms with Gasteiger partial charge < -0.3 is 10.0 Å². The van der Waals surface area contributed by atoms with Gasteiger partial charge in [0.05, 0.1) is 11.6 Å². The number of phenolic OH excluding ortho intramolecular Hbond substituents is 1. The van der Waals surface area contributed by atoms with E-state index in [1.807, 2.05) is 11.0 Å². The van der Waals surface area contributed by atoms with Gasteiger partial charge in [-0.2, -0.15) is 5.26 Å². The summed E-state index contributed by atoms with van der Waals surface area (Å²) in [6, 6.07) is 6.75. The van der Waals surface area contributed by atoms with Gasteiger partial charge in [-0.05, 0) is 49.8 Å². The Kier molecular flexibility index (Phi) is 3.83. The fourth-order valence-corrected chi connectivity index (χ4v) is 3.84. The first-order valence-corrected chi connectivity index (χ1v) is 7.74. The highest BCUT2D eigenvalue weighted by Crippen LogP contribution is 2.36. The van der Waals surface area contributed by atoms with Crippen molar-refractivity contribution < 1.29 is 9.90 Å². The Labute approximate surface area is 125 Å². The minimum absolute atomic E-state index is 0.0194. The molecule has 1 N–H and O–H groups in total. The Morgan fingerprint density at radius 3 is 2.67 bits per heavy atom. The molecule has 110 valence electrons. The Morgan fingerprint density at radius 1 is 1.19 bits per heavy atom. The zero-order valence-corrected chi connectivity index (χ0v) is 12.1. The van der Waals surface area contributed by atoms with Crippen molar-refractivity contribution in [2.75, 3.05) is 6.54 Å². The van der Waals surface area contributed by atoms with Gasteiger partial charge in [-0.1, -0.05) is 12.8 Å². The minimum atomic E-state index is -0.0446. The summed E-state index contributed by atoms with van der Waals surface area (Å²) in [5, 5.41) is 18.6. The zero-order chi connectivity index (χ0) is 14.8.